The van der Waals surface area contributed by atoms with Gasteiger partial charge in [0, 0.05) is 42.0 Å². The van der Waals surface area contributed by atoms with Gasteiger partial charge in [0.1, 0.15) is 16.7 Å². The Morgan fingerprint density at radius 2 is 2.09 bits per heavy atom. The quantitative estimate of drug-likeness (QED) is 0.417. The predicted octanol–water partition coefficient (Wildman–Crippen LogP) is 3.62. The van der Waals surface area contributed by atoms with Gasteiger partial charge in [-0.3, -0.25) is 4.98 Å². The third-order valence-electron chi connectivity index (χ3n) is 5.59. The van der Waals surface area contributed by atoms with Crippen LogP contribution in [0.25, 0.3) is 21.9 Å². The molecule has 8 nitrogen and oxygen atoms in total. The molecule has 0 N–H and O–H groups in total. The number of aryl methyl sites for hydroxylation is 1. The van der Waals surface area contributed by atoms with Crippen LogP contribution in [-0.2, 0) is 18.4 Å². The molecule has 9 heteroatoms. The van der Waals surface area contributed by atoms with E-state index in [0.717, 1.165) is 16.8 Å². The Morgan fingerprint density at radius 1 is 1.24 bits per heavy atom. The summed E-state index contributed by atoms with van der Waals surface area (Å²) in [7, 11) is 1.74. The number of anilines is 2. The third kappa shape index (κ3) is 3.53. The number of benzene rings is 1. The molecule has 0 bridgehead atoms. The first kappa shape index (κ1) is 20.8. The number of rotatable bonds is 1. The van der Waals surface area contributed by atoms with Crippen LogP contribution in [0, 0.1) is 34.4 Å². The maximum atomic E-state index is 15.2. The summed E-state index contributed by atoms with van der Waals surface area (Å²) in [4.78, 5) is 10.7. The minimum atomic E-state index is -0.779. The van der Waals surface area contributed by atoms with Crippen LogP contribution < -0.4 is 4.90 Å². The molecule has 0 amide bonds. The van der Waals surface area contributed by atoms with Gasteiger partial charge in [-0.05, 0) is 26.0 Å². The molecule has 0 unspecified atom stereocenters. The molecule has 0 aliphatic carbocycles. The van der Waals surface area contributed by atoms with Crippen molar-refractivity contribution in [1.82, 2.24) is 25.0 Å². The maximum absolute atomic E-state index is 15.2. The van der Waals surface area contributed by atoms with E-state index in [1.54, 1.807) is 31.8 Å². The average molecular weight is 441 g/mol. The number of aromatic nitrogens is 5. The van der Waals surface area contributed by atoms with Gasteiger partial charge in [-0.25, -0.2) is 14.1 Å². The first-order chi connectivity index (χ1) is 15.9. The van der Waals surface area contributed by atoms with Gasteiger partial charge in [0.2, 0.25) is 5.65 Å². The lowest BCUT2D eigenvalue weighted by molar-refractivity contribution is 0.133. The maximum Gasteiger partial charge on any atom is 0.204 e. The number of hydrogen-bond donors (Lipinski definition) is 0. The third-order valence-corrected chi connectivity index (χ3v) is 5.59. The van der Waals surface area contributed by atoms with E-state index in [2.05, 4.69) is 33.2 Å². The van der Waals surface area contributed by atoms with Crippen LogP contribution in [0.15, 0.2) is 30.6 Å². The standard InChI is InChI=1S/C24H20FN7O/c1-24(2,14-26)8-7-15-5-4-6-19-17(15)13-33-10-9-32(19)23-20-16(11-27-12-18(20)25)21-22(28-23)29-30-31(21)3/h4-6,11-12H,9-10,13H2,1-3H3. The van der Waals surface area contributed by atoms with E-state index in [0.29, 0.717) is 47.5 Å². The van der Waals surface area contributed by atoms with Gasteiger partial charge in [-0.2, -0.15) is 5.26 Å². The van der Waals surface area contributed by atoms with Crippen molar-refractivity contribution in [2.75, 3.05) is 18.1 Å². The number of ether oxygens (including phenoxy) is 1. The van der Waals surface area contributed by atoms with E-state index in [1.807, 2.05) is 23.1 Å². The second-order valence-electron chi connectivity index (χ2n) is 8.36. The molecule has 0 fully saturated rings. The molecule has 0 radical (unpaired) electrons. The molecular formula is C24H20FN7O. The fourth-order valence-corrected chi connectivity index (χ4v) is 3.93. The van der Waals surface area contributed by atoms with E-state index in [4.69, 9.17) is 9.72 Å². The second-order valence-corrected chi connectivity index (χ2v) is 8.36. The largest absolute Gasteiger partial charge is 0.375 e. The summed E-state index contributed by atoms with van der Waals surface area (Å²) in [6, 6.07) is 7.93. The SMILES string of the molecule is Cn1nnc2nc(N3CCOCc4c(C#CC(C)(C)C#N)cccc43)c3c(F)cncc3c21. The first-order valence-corrected chi connectivity index (χ1v) is 10.4. The molecule has 5 rings (SSSR count). The Morgan fingerprint density at radius 3 is 2.91 bits per heavy atom. The Balaban J connectivity index is 1.76. The molecule has 1 aromatic carbocycles. The molecule has 4 heterocycles. The van der Waals surface area contributed by atoms with Gasteiger partial charge in [0.15, 0.2) is 5.82 Å². The van der Waals surface area contributed by atoms with Gasteiger partial charge >= 0.3 is 0 Å². The second kappa shape index (κ2) is 7.80. The molecule has 0 spiro atoms. The highest BCUT2D eigenvalue weighted by Gasteiger charge is 2.25. The van der Waals surface area contributed by atoms with Gasteiger partial charge in [-0.1, -0.05) is 23.1 Å². The zero-order valence-electron chi connectivity index (χ0n) is 18.4. The Hall–Kier alpha value is -4.08. The summed E-state index contributed by atoms with van der Waals surface area (Å²) in [6.45, 7) is 4.77. The fourth-order valence-electron chi connectivity index (χ4n) is 3.93. The topological polar surface area (TPSA) is 92.8 Å². The zero-order valence-corrected chi connectivity index (χ0v) is 18.4. The van der Waals surface area contributed by atoms with Crippen LogP contribution >= 0.6 is 0 Å². The minimum Gasteiger partial charge on any atom is -0.375 e. The number of pyridine rings is 2. The van der Waals surface area contributed by atoms with Crippen LogP contribution in [0.4, 0.5) is 15.9 Å². The van der Waals surface area contributed by atoms with E-state index in [9.17, 15) is 5.26 Å². The lowest BCUT2D eigenvalue weighted by Crippen LogP contribution is -2.22. The zero-order chi connectivity index (χ0) is 23.2. The number of fused-ring (bicyclic) bond motifs is 4. The van der Waals surface area contributed by atoms with Crippen LogP contribution in [0.2, 0.25) is 0 Å². The molecule has 0 atom stereocenters. The summed E-state index contributed by atoms with van der Waals surface area (Å²) in [5, 5.41) is 18.5. The summed E-state index contributed by atoms with van der Waals surface area (Å²) in [5.41, 5.74) is 2.69. The molecule has 0 saturated heterocycles. The lowest BCUT2D eigenvalue weighted by Gasteiger charge is -2.25. The van der Waals surface area contributed by atoms with Crippen molar-refractivity contribution in [3.05, 3.63) is 47.5 Å². The highest BCUT2D eigenvalue weighted by molar-refractivity contribution is 6.08. The molecule has 33 heavy (non-hydrogen) atoms. The summed E-state index contributed by atoms with van der Waals surface area (Å²) in [5.74, 6) is 6.11. The molecule has 3 aromatic heterocycles. The van der Waals surface area contributed by atoms with E-state index >= 15 is 4.39 Å². The Bertz CT molecular complexity index is 1510. The summed E-state index contributed by atoms with van der Waals surface area (Å²) in [6.07, 6.45) is 2.79. The van der Waals surface area contributed by atoms with Gasteiger partial charge in [0.25, 0.3) is 0 Å². The highest BCUT2D eigenvalue weighted by Crippen LogP contribution is 2.38. The number of halogens is 1. The van der Waals surface area contributed by atoms with Gasteiger partial charge in [0.05, 0.1) is 30.9 Å². The summed E-state index contributed by atoms with van der Waals surface area (Å²) < 4.78 is 22.6. The molecular weight excluding hydrogens is 421 g/mol. The van der Waals surface area contributed by atoms with Crippen molar-refractivity contribution in [2.45, 2.75) is 20.5 Å². The van der Waals surface area contributed by atoms with Crippen molar-refractivity contribution >= 4 is 33.4 Å². The van der Waals surface area contributed by atoms with Crippen LogP contribution in [0.5, 0.6) is 0 Å². The number of hydrogen-bond acceptors (Lipinski definition) is 7. The number of nitriles is 1. The minimum absolute atomic E-state index is 0.345. The molecule has 1 aliphatic heterocycles. The van der Waals surface area contributed by atoms with Crippen LogP contribution in [0.3, 0.4) is 0 Å². The number of nitrogens with zero attached hydrogens (tertiary/aromatic N) is 7. The van der Waals surface area contributed by atoms with Crippen molar-refractivity contribution in [3.63, 3.8) is 0 Å². The Kier molecular flexibility index (Phi) is 4.92. The Labute approximate surface area is 189 Å². The molecule has 164 valence electrons. The van der Waals surface area contributed by atoms with Crippen molar-refractivity contribution < 1.29 is 9.13 Å². The molecule has 1 aliphatic rings. The highest BCUT2D eigenvalue weighted by atomic mass is 19.1. The van der Waals surface area contributed by atoms with E-state index < -0.39 is 11.2 Å². The van der Waals surface area contributed by atoms with E-state index in [1.165, 1.54) is 6.20 Å². The summed E-state index contributed by atoms with van der Waals surface area (Å²) >= 11 is 0. The van der Waals surface area contributed by atoms with Crippen LogP contribution in [0.1, 0.15) is 25.0 Å². The first-order valence-electron chi connectivity index (χ1n) is 10.4. The smallest absolute Gasteiger partial charge is 0.204 e. The average Bonchev–Trinajstić information content (AvgIpc) is 3.05. The predicted molar refractivity (Wildman–Crippen MR) is 121 cm³/mol. The van der Waals surface area contributed by atoms with Gasteiger partial charge < -0.3 is 9.64 Å². The van der Waals surface area contributed by atoms with Crippen molar-refractivity contribution in [2.24, 2.45) is 12.5 Å². The lowest BCUT2D eigenvalue weighted by atomic mass is 9.95. The van der Waals surface area contributed by atoms with Crippen LogP contribution in [-0.4, -0.2) is 38.1 Å². The normalized spacial score (nSPS) is 13.8. The fraction of sp³-hybridized carbons (Fsp3) is 0.292. The van der Waals surface area contributed by atoms with Gasteiger partial charge in [-0.15, -0.1) is 5.10 Å². The molecule has 4 aromatic rings. The monoisotopic (exact) mass is 441 g/mol. The van der Waals surface area contributed by atoms with E-state index in [-0.39, 0.29) is 0 Å². The van der Waals surface area contributed by atoms with Crippen molar-refractivity contribution in [3.8, 4) is 17.9 Å². The molecule has 0 saturated carbocycles. The van der Waals surface area contributed by atoms with Crippen molar-refractivity contribution in [1.29, 1.82) is 5.26 Å².